The van der Waals surface area contributed by atoms with Gasteiger partial charge in [0.1, 0.15) is 6.79 Å². The van der Waals surface area contributed by atoms with Crippen LogP contribution in [0.4, 0.5) is 0 Å². The fraction of sp³-hybridized carbons (Fsp3) is 0.417. The summed E-state index contributed by atoms with van der Waals surface area (Å²) in [6, 6.07) is 0. The van der Waals surface area contributed by atoms with E-state index < -0.39 is 12.1 Å². The molecule has 0 N–H and O–H groups in total. The van der Waals surface area contributed by atoms with Gasteiger partial charge in [-0.25, -0.2) is 4.79 Å². The van der Waals surface area contributed by atoms with Crippen LogP contribution in [0.3, 0.4) is 0 Å². The van der Waals surface area contributed by atoms with Crippen LogP contribution in [0.25, 0.3) is 0 Å². The van der Waals surface area contributed by atoms with E-state index >= 15 is 0 Å². The van der Waals surface area contributed by atoms with Gasteiger partial charge < -0.3 is 14.2 Å². The highest BCUT2D eigenvalue weighted by Crippen LogP contribution is 2.07. The molecule has 0 aromatic rings. The van der Waals surface area contributed by atoms with Gasteiger partial charge in [-0.3, -0.25) is 0 Å². The van der Waals surface area contributed by atoms with Crippen molar-refractivity contribution in [1.29, 1.82) is 0 Å². The average molecular weight is 224 g/mol. The molecule has 0 saturated heterocycles. The van der Waals surface area contributed by atoms with E-state index in [0.29, 0.717) is 6.42 Å². The van der Waals surface area contributed by atoms with Crippen LogP contribution < -0.4 is 0 Å². The smallest absolute Gasteiger partial charge is 0.331 e. The van der Waals surface area contributed by atoms with Crippen LogP contribution in [0.2, 0.25) is 0 Å². The van der Waals surface area contributed by atoms with Gasteiger partial charge in [-0.2, -0.15) is 0 Å². The van der Waals surface area contributed by atoms with Crippen molar-refractivity contribution in [2.75, 3.05) is 13.9 Å². The number of hydrogen-bond donors (Lipinski definition) is 0. The Morgan fingerprint density at radius 2 is 2.25 bits per heavy atom. The highest BCUT2D eigenvalue weighted by Gasteiger charge is 2.15. The maximum Gasteiger partial charge on any atom is 0.331 e. The second-order valence-electron chi connectivity index (χ2n) is 2.88. The average Bonchev–Trinajstić information content (AvgIpc) is 2.32. The zero-order valence-corrected chi connectivity index (χ0v) is 9.35. The van der Waals surface area contributed by atoms with Gasteiger partial charge in [0.05, 0.1) is 6.10 Å². The first-order valence-electron chi connectivity index (χ1n) is 4.70. The summed E-state index contributed by atoms with van der Waals surface area (Å²) in [4.78, 5) is 10.9. The van der Waals surface area contributed by atoms with Crippen LogP contribution in [0.5, 0.6) is 0 Å². The fourth-order valence-electron chi connectivity index (χ4n) is 0.937. The molecule has 0 bridgehead atoms. The molecule has 88 valence electrons. The van der Waals surface area contributed by atoms with Crippen LogP contribution >= 0.6 is 0 Å². The number of hydrogen-bond acceptors (Lipinski definition) is 4. The molecular weight excluding hydrogens is 208 g/mol. The van der Waals surface area contributed by atoms with Crippen molar-refractivity contribution < 1.29 is 19.0 Å². The number of carbonyl (C=O) groups is 1. The first kappa shape index (κ1) is 14.4. The summed E-state index contributed by atoms with van der Waals surface area (Å²) in [5.41, 5.74) is 0. The third-order valence-corrected chi connectivity index (χ3v) is 1.72. The molecule has 4 nitrogen and oxygen atoms in total. The second kappa shape index (κ2) is 8.72. The van der Waals surface area contributed by atoms with Gasteiger partial charge in [-0.05, 0) is 0 Å². The summed E-state index contributed by atoms with van der Waals surface area (Å²) in [5.74, 6) is 1.79. The molecule has 0 aliphatic heterocycles. The van der Waals surface area contributed by atoms with Crippen molar-refractivity contribution in [2.24, 2.45) is 0 Å². The van der Waals surface area contributed by atoms with E-state index in [1.54, 1.807) is 6.08 Å². The number of ether oxygens (including phenoxy) is 3. The lowest BCUT2D eigenvalue weighted by Crippen LogP contribution is -2.23. The van der Waals surface area contributed by atoms with E-state index in [4.69, 9.17) is 20.6 Å². The molecule has 2 atom stereocenters. The van der Waals surface area contributed by atoms with Crippen molar-refractivity contribution in [3.8, 4) is 12.3 Å². The van der Waals surface area contributed by atoms with Gasteiger partial charge in [0.25, 0.3) is 0 Å². The minimum Gasteiger partial charge on any atom is -0.446 e. The summed E-state index contributed by atoms with van der Waals surface area (Å²) in [7, 11) is 1.51. The number of esters is 1. The third-order valence-electron chi connectivity index (χ3n) is 1.72. The third kappa shape index (κ3) is 6.02. The van der Waals surface area contributed by atoms with Crippen LogP contribution in [0.1, 0.15) is 6.42 Å². The minimum atomic E-state index is -0.662. The van der Waals surface area contributed by atoms with E-state index in [1.807, 2.05) is 0 Å². The Balaban J connectivity index is 4.17. The molecule has 16 heavy (non-hydrogen) atoms. The Hall–Kier alpha value is -1.57. The standard InChI is InChI=1S/C12H16O4/c1-5-10(15-9-14-4)8-11(6-2)16-12(13)7-3/h2,5,7,10-11H,1,3,8-9H2,4H3/t10-,11+/m1/s1. The molecular formula is C12H16O4. The predicted molar refractivity (Wildman–Crippen MR) is 60.5 cm³/mol. The quantitative estimate of drug-likeness (QED) is 0.205. The lowest BCUT2D eigenvalue weighted by atomic mass is 10.1. The van der Waals surface area contributed by atoms with Crippen LogP contribution in [-0.2, 0) is 19.0 Å². The van der Waals surface area contributed by atoms with Crippen LogP contribution in [0.15, 0.2) is 25.3 Å². The maximum absolute atomic E-state index is 10.9. The zero-order valence-electron chi connectivity index (χ0n) is 9.35. The summed E-state index contributed by atoms with van der Waals surface area (Å²) < 4.78 is 14.9. The van der Waals surface area contributed by atoms with E-state index in [2.05, 4.69) is 19.1 Å². The number of rotatable bonds is 8. The Morgan fingerprint density at radius 1 is 1.56 bits per heavy atom. The SMILES string of the molecule is C#C[C@@H](C[C@@H](C=C)OCOC)OC(=O)C=C. The second-order valence-corrected chi connectivity index (χ2v) is 2.88. The first-order valence-corrected chi connectivity index (χ1v) is 4.70. The molecule has 0 fully saturated rings. The van der Waals surface area contributed by atoms with Gasteiger partial charge in [0, 0.05) is 19.6 Å². The molecule has 0 rings (SSSR count). The van der Waals surface area contributed by atoms with Crippen molar-refractivity contribution in [1.82, 2.24) is 0 Å². The summed E-state index contributed by atoms with van der Waals surface area (Å²) in [6.07, 6.45) is 7.21. The molecule has 0 spiro atoms. The van der Waals surface area contributed by atoms with Gasteiger partial charge in [0.2, 0.25) is 0 Å². The molecule has 0 aliphatic carbocycles. The molecule has 0 aromatic carbocycles. The molecule has 0 aliphatic rings. The van der Waals surface area contributed by atoms with Crippen molar-refractivity contribution in [3.63, 3.8) is 0 Å². The fourth-order valence-corrected chi connectivity index (χ4v) is 0.937. The summed E-state index contributed by atoms with van der Waals surface area (Å²) in [6.45, 7) is 7.00. The molecule has 4 heteroatoms. The van der Waals surface area contributed by atoms with Gasteiger partial charge in [0.15, 0.2) is 6.10 Å². The minimum absolute atomic E-state index is 0.128. The highest BCUT2D eigenvalue weighted by molar-refractivity contribution is 5.81. The van der Waals surface area contributed by atoms with E-state index in [0.717, 1.165) is 6.08 Å². The number of carbonyl (C=O) groups excluding carboxylic acids is 1. The summed E-state index contributed by atoms with van der Waals surface area (Å²) in [5, 5.41) is 0. The normalized spacial score (nSPS) is 13.2. The lowest BCUT2D eigenvalue weighted by Gasteiger charge is -2.17. The largest absolute Gasteiger partial charge is 0.446 e. The van der Waals surface area contributed by atoms with Crippen LogP contribution in [0, 0.1) is 12.3 Å². The lowest BCUT2D eigenvalue weighted by molar-refractivity contribution is -0.142. The van der Waals surface area contributed by atoms with Gasteiger partial charge in [-0.15, -0.1) is 13.0 Å². The number of terminal acetylenes is 1. The van der Waals surface area contributed by atoms with E-state index in [9.17, 15) is 4.79 Å². The van der Waals surface area contributed by atoms with Crippen molar-refractivity contribution in [3.05, 3.63) is 25.3 Å². The Bertz CT molecular complexity index is 277. The first-order chi connectivity index (χ1) is 7.67. The Morgan fingerprint density at radius 3 is 2.69 bits per heavy atom. The highest BCUT2D eigenvalue weighted by atomic mass is 16.7. The zero-order chi connectivity index (χ0) is 12.4. The number of methoxy groups -OCH3 is 1. The molecule has 0 amide bonds. The van der Waals surface area contributed by atoms with Crippen molar-refractivity contribution in [2.45, 2.75) is 18.6 Å². The molecule has 0 aromatic heterocycles. The topological polar surface area (TPSA) is 44.8 Å². The molecule has 0 saturated carbocycles. The van der Waals surface area contributed by atoms with Gasteiger partial charge >= 0.3 is 5.97 Å². The van der Waals surface area contributed by atoms with Gasteiger partial charge in [-0.1, -0.05) is 18.6 Å². The summed E-state index contributed by atoms with van der Waals surface area (Å²) >= 11 is 0. The van der Waals surface area contributed by atoms with Crippen molar-refractivity contribution >= 4 is 5.97 Å². The monoisotopic (exact) mass is 224 g/mol. The van der Waals surface area contributed by atoms with E-state index in [-0.39, 0.29) is 12.9 Å². The van der Waals surface area contributed by atoms with Crippen LogP contribution in [-0.4, -0.2) is 32.1 Å². The molecule has 0 radical (unpaired) electrons. The predicted octanol–water partition coefficient (Wildman–Crippen LogP) is 1.28. The Kier molecular flexibility index (Phi) is 7.86. The molecule has 0 unspecified atom stereocenters. The Labute approximate surface area is 95.9 Å². The maximum atomic E-state index is 10.9. The molecule has 0 heterocycles. The van der Waals surface area contributed by atoms with E-state index in [1.165, 1.54) is 7.11 Å².